The first-order chi connectivity index (χ1) is 9.15. The number of aliphatic hydroxyl groups excluding tert-OH is 1. The maximum Gasteiger partial charge on any atom is 0.253 e. The molecule has 2 aliphatic heterocycles. The SMILES string of the molecule is CC1CN(C(=O)c2ccc3c(c2)CCN3)CCC1O. The van der Waals surface area contributed by atoms with Gasteiger partial charge < -0.3 is 15.3 Å². The van der Waals surface area contributed by atoms with Crippen LogP contribution in [0.4, 0.5) is 5.69 Å². The average Bonchev–Trinajstić information content (AvgIpc) is 2.88. The topological polar surface area (TPSA) is 52.6 Å². The summed E-state index contributed by atoms with van der Waals surface area (Å²) in [5.41, 5.74) is 3.15. The molecule has 1 amide bonds. The van der Waals surface area contributed by atoms with Gasteiger partial charge in [0.15, 0.2) is 0 Å². The van der Waals surface area contributed by atoms with E-state index in [0.29, 0.717) is 19.5 Å². The number of nitrogens with one attached hydrogen (secondary N) is 1. The molecule has 2 N–H and O–H groups in total. The van der Waals surface area contributed by atoms with Crippen LogP contribution in [0, 0.1) is 5.92 Å². The summed E-state index contributed by atoms with van der Waals surface area (Å²) in [5.74, 6) is 0.252. The van der Waals surface area contributed by atoms with E-state index in [1.54, 1.807) is 0 Å². The van der Waals surface area contributed by atoms with Gasteiger partial charge in [-0.3, -0.25) is 4.79 Å². The monoisotopic (exact) mass is 260 g/mol. The number of aliphatic hydroxyl groups is 1. The van der Waals surface area contributed by atoms with Gasteiger partial charge in [0.2, 0.25) is 0 Å². The van der Waals surface area contributed by atoms with Crippen molar-refractivity contribution in [2.75, 3.05) is 25.0 Å². The zero-order valence-electron chi connectivity index (χ0n) is 11.2. The summed E-state index contributed by atoms with van der Waals surface area (Å²) < 4.78 is 0. The molecular weight excluding hydrogens is 240 g/mol. The first-order valence-electron chi connectivity index (χ1n) is 6.99. The number of carbonyl (C=O) groups is 1. The van der Waals surface area contributed by atoms with E-state index < -0.39 is 0 Å². The molecule has 1 aromatic carbocycles. The van der Waals surface area contributed by atoms with Gasteiger partial charge in [-0.1, -0.05) is 6.92 Å². The molecule has 0 spiro atoms. The number of amides is 1. The number of benzene rings is 1. The number of nitrogens with zero attached hydrogens (tertiary/aromatic N) is 1. The van der Waals surface area contributed by atoms with Gasteiger partial charge in [0.05, 0.1) is 6.10 Å². The van der Waals surface area contributed by atoms with Crippen molar-refractivity contribution in [2.24, 2.45) is 5.92 Å². The van der Waals surface area contributed by atoms with E-state index in [4.69, 9.17) is 0 Å². The predicted octanol–water partition coefficient (Wildman–Crippen LogP) is 1.50. The molecule has 4 nitrogen and oxygen atoms in total. The molecule has 19 heavy (non-hydrogen) atoms. The van der Waals surface area contributed by atoms with E-state index >= 15 is 0 Å². The van der Waals surface area contributed by atoms with Crippen LogP contribution in [0.1, 0.15) is 29.3 Å². The Kier molecular flexibility index (Phi) is 3.19. The van der Waals surface area contributed by atoms with Crippen LogP contribution in [0.5, 0.6) is 0 Å². The molecule has 1 saturated heterocycles. The van der Waals surface area contributed by atoms with Crippen LogP contribution in [0.3, 0.4) is 0 Å². The van der Waals surface area contributed by atoms with E-state index in [9.17, 15) is 9.90 Å². The van der Waals surface area contributed by atoms with E-state index in [0.717, 1.165) is 24.2 Å². The third kappa shape index (κ3) is 2.32. The third-order valence-electron chi connectivity index (χ3n) is 4.21. The van der Waals surface area contributed by atoms with Crippen molar-refractivity contribution in [3.05, 3.63) is 29.3 Å². The zero-order chi connectivity index (χ0) is 13.4. The molecule has 0 bridgehead atoms. The van der Waals surface area contributed by atoms with Crippen LogP contribution in [-0.2, 0) is 6.42 Å². The van der Waals surface area contributed by atoms with E-state index in [1.807, 2.05) is 30.0 Å². The van der Waals surface area contributed by atoms with Gasteiger partial charge in [-0.15, -0.1) is 0 Å². The maximum absolute atomic E-state index is 12.5. The lowest BCUT2D eigenvalue weighted by molar-refractivity contribution is 0.0297. The Balaban J connectivity index is 1.77. The minimum atomic E-state index is -0.270. The molecule has 2 unspecified atom stereocenters. The summed E-state index contributed by atoms with van der Waals surface area (Å²) in [5, 5.41) is 13.0. The van der Waals surface area contributed by atoms with Gasteiger partial charge in [-0.25, -0.2) is 0 Å². The lowest BCUT2D eigenvalue weighted by atomic mass is 9.96. The van der Waals surface area contributed by atoms with Crippen LogP contribution < -0.4 is 5.32 Å². The zero-order valence-corrected chi connectivity index (χ0v) is 11.2. The second-order valence-corrected chi connectivity index (χ2v) is 5.63. The Morgan fingerprint density at radius 3 is 3.11 bits per heavy atom. The van der Waals surface area contributed by atoms with Gasteiger partial charge in [0.1, 0.15) is 0 Å². The first-order valence-corrected chi connectivity index (χ1v) is 6.99. The number of anilines is 1. The summed E-state index contributed by atoms with van der Waals surface area (Å²) in [6, 6.07) is 5.90. The average molecular weight is 260 g/mol. The molecule has 0 saturated carbocycles. The fourth-order valence-electron chi connectivity index (χ4n) is 2.94. The van der Waals surface area contributed by atoms with Crippen molar-refractivity contribution in [1.29, 1.82) is 0 Å². The Morgan fingerprint density at radius 1 is 1.47 bits per heavy atom. The lowest BCUT2D eigenvalue weighted by Gasteiger charge is -2.34. The van der Waals surface area contributed by atoms with Crippen molar-refractivity contribution in [2.45, 2.75) is 25.9 Å². The molecule has 102 valence electrons. The number of likely N-dealkylation sites (tertiary alicyclic amines) is 1. The van der Waals surface area contributed by atoms with Crippen molar-refractivity contribution in [1.82, 2.24) is 4.90 Å². The highest BCUT2D eigenvalue weighted by molar-refractivity contribution is 5.95. The minimum absolute atomic E-state index is 0.0912. The maximum atomic E-state index is 12.5. The molecule has 1 aromatic rings. The molecule has 3 rings (SSSR count). The van der Waals surface area contributed by atoms with Crippen LogP contribution in [0.25, 0.3) is 0 Å². The Morgan fingerprint density at radius 2 is 2.32 bits per heavy atom. The summed E-state index contributed by atoms with van der Waals surface area (Å²) >= 11 is 0. The smallest absolute Gasteiger partial charge is 0.253 e. The molecule has 2 aliphatic rings. The number of carbonyl (C=O) groups excluding carboxylic acids is 1. The largest absolute Gasteiger partial charge is 0.393 e. The second kappa shape index (κ2) is 4.85. The van der Waals surface area contributed by atoms with Crippen LogP contribution in [0.15, 0.2) is 18.2 Å². The van der Waals surface area contributed by atoms with Crippen molar-refractivity contribution >= 4 is 11.6 Å². The predicted molar refractivity (Wildman–Crippen MR) is 74.3 cm³/mol. The van der Waals surface area contributed by atoms with E-state index in [2.05, 4.69) is 5.32 Å². The molecule has 2 heterocycles. The summed E-state index contributed by atoms with van der Waals surface area (Å²) in [4.78, 5) is 14.3. The van der Waals surface area contributed by atoms with Crippen LogP contribution in [-0.4, -0.2) is 41.7 Å². The summed E-state index contributed by atoms with van der Waals surface area (Å²) in [6.07, 6.45) is 1.40. The molecule has 0 aromatic heterocycles. The normalized spacial score (nSPS) is 25.9. The summed E-state index contributed by atoms with van der Waals surface area (Å²) in [7, 11) is 0. The van der Waals surface area contributed by atoms with Gasteiger partial charge in [-0.05, 0) is 42.5 Å². The first kappa shape index (κ1) is 12.5. The standard InChI is InChI=1S/C15H20N2O2/c1-10-9-17(7-5-14(10)18)15(19)12-2-3-13-11(8-12)4-6-16-13/h2-3,8,10,14,16,18H,4-7,9H2,1H3. The van der Waals surface area contributed by atoms with Crippen LogP contribution >= 0.6 is 0 Å². The number of rotatable bonds is 1. The van der Waals surface area contributed by atoms with E-state index in [1.165, 1.54) is 5.56 Å². The minimum Gasteiger partial charge on any atom is -0.393 e. The highest BCUT2D eigenvalue weighted by atomic mass is 16.3. The van der Waals surface area contributed by atoms with Gasteiger partial charge in [-0.2, -0.15) is 0 Å². The highest BCUT2D eigenvalue weighted by Gasteiger charge is 2.28. The fraction of sp³-hybridized carbons (Fsp3) is 0.533. The Bertz CT molecular complexity index is 501. The lowest BCUT2D eigenvalue weighted by Crippen LogP contribution is -2.44. The number of piperidine rings is 1. The number of hydrogen-bond acceptors (Lipinski definition) is 3. The molecule has 4 heteroatoms. The Hall–Kier alpha value is -1.55. The molecule has 1 fully saturated rings. The highest BCUT2D eigenvalue weighted by Crippen LogP contribution is 2.25. The van der Waals surface area contributed by atoms with Crippen molar-refractivity contribution in [3.8, 4) is 0 Å². The molecular formula is C15H20N2O2. The van der Waals surface area contributed by atoms with Crippen molar-refractivity contribution < 1.29 is 9.90 Å². The van der Waals surface area contributed by atoms with E-state index in [-0.39, 0.29) is 17.9 Å². The Labute approximate surface area is 113 Å². The molecule has 0 radical (unpaired) electrons. The molecule has 2 atom stereocenters. The quantitative estimate of drug-likeness (QED) is 0.804. The van der Waals surface area contributed by atoms with Gasteiger partial charge >= 0.3 is 0 Å². The summed E-state index contributed by atoms with van der Waals surface area (Å²) in [6.45, 7) is 4.26. The number of hydrogen-bond donors (Lipinski definition) is 2. The second-order valence-electron chi connectivity index (χ2n) is 5.63. The number of fused-ring (bicyclic) bond motifs is 1. The van der Waals surface area contributed by atoms with Crippen molar-refractivity contribution in [3.63, 3.8) is 0 Å². The third-order valence-corrected chi connectivity index (χ3v) is 4.21. The van der Waals surface area contributed by atoms with Crippen LogP contribution in [0.2, 0.25) is 0 Å². The molecule has 0 aliphatic carbocycles. The van der Waals surface area contributed by atoms with Gasteiger partial charge in [0.25, 0.3) is 5.91 Å². The fourth-order valence-corrected chi connectivity index (χ4v) is 2.94. The van der Waals surface area contributed by atoms with Gasteiger partial charge in [0, 0.05) is 30.9 Å².